The fraction of sp³-hybridized carbons (Fsp3) is 0.951. The molecule has 0 aromatic rings. The molecule has 0 rings (SSSR count). The zero-order chi connectivity index (χ0) is 37.5. The second kappa shape index (κ2) is 38.7. The summed E-state index contributed by atoms with van der Waals surface area (Å²) in [4.78, 5) is 34.8. The minimum atomic E-state index is -4.36. The molecule has 0 saturated heterocycles. The van der Waals surface area contributed by atoms with Crippen LogP contribution in [0.1, 0.15) is 219 Å². The molecule has 0 spiro atoms. The van der Waals surface area contributed by atoms with Crippen molar-refractivity contribution in [1.29, 1.82) is 0 Å². The first-order chi connectivity index (χ1) is 24.8. The van der Waals surface area contributed by atoms with Crippen molar-refractivity contribution in [3.05, 3.63) is 0 Å². The van der Waals surface area contributed by atoms with Gasteiger partial charge in [-0.05, 0) is 12.8 Å². The molecule has 9 nitrogen and oxygen atoms in total. The topological polar surface area (TPSA) is 134 Å². The predicted molar refractivity (Wildman–Crippen MR) is 211 cm³/mol. The molecule has 0 fully saturated rings. The second-order valence-electron chi connectivity index (χ2n) is 14.6. The van der Waals surface area contributed by atoms with Gasteiger partial charge in [-0.2, -0.15) is 0 Å². The summed E-state index contributed by atoms with van der Waals surface area (Å²) in [6, 6.07) is 0. The van der Waals surface area contributed by atoms with E-state index in [0.717, 1.165) is 32.1 Å². The van der Waals surface area contributed by atoms with Crippen LogP contribution < -0.4 is 5.73 Å². The summed E-state index contributed by atoms with van der Waals surface area (Å²) in [5.74, 6) is -0.815. The number of carbonyl (C=O) groups excluding carboxylic acids is 2. The summed E-state index contributed by atoms with van der Waals surface area (Å²) in [6.07, 6.45) is 37.0. The van der Waals surface area contributed by atoms with Crippen LogP contribution in [0.5, 0.6) is 0 Å². The molecular formula is C41H82NO8P. The highest BCUT2D eigenvalue weighted by Crippen LogP contribution is 2.43. The number of unbranched alkanes of at least 4 members (excludes halogenated alkanes) is 28. The van der Waals surface area contributed by atoms with E-state index in [1.165, 1.54) is 154 Å². The van der Waals surface area contributed by atoms with Crippen LogP contribution >= 0.6 is 7.82 Å². The molecule has 0 aromatic carbocycles. The Labute approximate surface area is 314 Å². The lowest BCUT2D eigenvalue weighted by molar-refractivity contribution is -0.161. The number of hydrogen-bond acceptors (Lipinski definition) is 8. The van der Waals surface area contributed by atoms with E-state index in [2.05, 4.69) is 13.8 Å². The molecule has 1 unspecified atom stereocenters. The Kier molecular flexibility index (Phi) is 38.0. The van der Waals surface area contributed by atoms with Crippen LogP contribution in [0.3, 0.4) is 0 Å². The van der Waals surface area contributed by atoms with Crippen LogP contribution in [0.15, 0.2) is 0 Å². The summed E-state index contributed by atoms with van der Waals surface area (Å²) >= 11 is 0. The standard InChI is InChI=1S/C41H82NO8P/c1-3-5-7-9-11-13-15-16-17-18-19-20-21-22-24-26-28-30-32-34-41(44)50-39(38-49-51(45,46)48-36-35-42)37-47-40(43)33-31-29-27-25-23-14-12-10-8-6-4-2/h39H,3-38,42H2,1-2H3,(H,45,46)/t39-/m1/s1. The molecule has 0 aliphatic heterocycles. The molecule has 3 N–H and O–H groups in total. The number of phosphoric ester groups is 1. The summed E-state index contributed by atoms with van der Waals surface area (Å²) in [7, 11) is -4.36. The summed E-state index contributed by atoms with van der Waals surface area (Å²) in [5.41, 5.74) is 5.34. The van der Waals surface area contributed by atoms with E-state index in [4.69, 9.17) is 24.3 Å². The summed E-state index contributed by atoms with van der Waals surface area (Å²) in [6.45, 7) is 3.76. The first kappa shape index (κ1) is 50.0. The van der Waals surface area contributed by atoms with Gasteiger partial charge in [0, 0.05) is 19.4 Å². The van der Waals surface area contributed by atoms with Crippen molar-refractivity contribution in [2.24, 2.45) is 5.73 Å². The highest BCUT2D eigenvalue weighted by Gasteiger charge is 2.26. The Morgan fingerprint density at radius 2 is 0.843 bits per heavy atom. The molecule has 0 saturated carbocycles. The molecule has 0 bridgehead atoms. The van der Waals surface area contributed by atoms with E-state index in [9.17, 15) is 19.0 Å². The van der Waals surface area contributed by atoms with Crippen molar-refractivity contribution >= 4 is 19.8 Å². The number of esters is 2. The normalized spacial score (nSPS) is 13.3. The lowest BCUT2D eigenvalue weighted by Gasteiger charge is -2.19. The van der Waals surface area contributed by atoms with Gasteiger partial charge >= 0.3 is 19.8 Å². The van der Waals surface area contributed by atoms with Gasteiger partial charge < -0.3 is 20.1 Å². The maximum Gasteiger partial charge on any atom is 0.472 e. The van der Waals surface area contributed by atoms with E-state index < -0.39 is 26.5 Å². The molecule has 0 heterocycles. The van der Waals surface area contributed by atoms with Crippen LogP contribution in [-0.4, -0.2) is 49.3 Å². The monoisotopic (exact) mass is 748 g/mol. The third-order valence-corrected chi connectivity index (χ3v) is 10.5. The van der Waals surface area contributed by atoms with E-state index in [1.807, 2.05) is 0 Å². The van der Waals surface area contributed by atoms with Crippen LogP contribution in [0.25, 0.3) is 0 Å². The van der Waals surface area contributed by atoms with Crippen molar-refractivity contribution < 1.29 is 37.6 Å². The zero-order valence-corrected chi connectivity index (χ0v) is 34.3. The molecule has 0 radical (unpaired) electrons. The highest BCUT2D eigenvalue weighted by atomic mass is 31.2. The van der Waals surface area contributed by atoms with Gasteiger partial charge in [0.05, 0.1) is 13.2 Å². The first-order valence-electron chi connectivity index (χ1n) is 21.5. The SMILES string of the molecule is CCCCCCCCCCCCCCCCCCCCCC(=O)O[C@H](COC(=O)CCCCCCCCCCCCC)COP(=O)(O)OCCN. The Bertz CT molecular complexity index is 815. The van der Waals surface area contributed by atoms with Gasteiger partial charge in [-0.3, -0.25) is 18.6 Å². The summed E-state index contributed by atoms with van der Waals surface area (Å²) in [5, 5.41) is 0. The quantitative estimate of drug-likeness (QED) is 0.0356. The lowest BCUT2D eigenvalue weighted by Crippen LogP contribution is -2.29. The van der Waals surface area contributed by atoms with Gasteiger partial charge in [0.1, 0.15) is 6.61 Å². The fourth-order valence-corrected chi connectivity index (χ4v) is 7.05. The van der Waals surface area contributed by atoms with Gasteiger partial charge in [0.2, 0.25) is 0 Å². The van der Waals surface area contributed by atoms with Crippen LogP contribution in [0, 0.1) is 0 Å². The van der Waals surface area contributed by atoms with E-state index in [-0.39, 0.29) is 38.6 Å². The van der Waals surface area contributed by atoms with E-state index in [0.29, 0.717) is 6.42 Å². The number of nitrogens with two attached hydrogens (primary N) is 1. The molecule has 0 aliphatic carbocycles. The fourth-order valence-electron chi connectivity index (χ4n) is 6.28. The maximum atomic E-state index is 12.6. The minimum Gasteiger partial charge on any atom is -0.462 e. The second-order valence-corrected chi connectivity index (χ2v) is 16.0. The average Bonchev–Trinajstić information content (AvgIpc) is 3.11. The van der Waals surface area contributed by atoms with Crippen LogP contribution in [0.2, 0.25) is 0 Å². The molecule has 0 amide bonds. The molecule has 10 heteroatoms. The molecule has 304 valence electrons. The van der Waals surface area contributed by atoms with Gasteiger partial charge in [0.25, 0.3) is 0 Å². The minimum absolute atomic E-state index is 0.0580. The number of phosphoric acid groups is 1. The van der Waals surface area contributed by atoms with Crippen molar-refractivity contribution in [3.8, 4) is 0 Å². The third-order valence-electron chi connectivity index (χ3n) is 9.49. The maximum absolute atomic E-state index is 12.6. The number of ether oxygens (including phenoxy) is 2. The Balaban J connectivity index is 4.06. The predicted octanol–water partition coefficient (Wildman–Crippen LogP) is 12.1. The van der Waals surface area contributed by atoms with Gasteiger partial charge in [0.15, 0.2) is 6.10 Å². The van der Waals surface area contributed by atoms with Crippen molar-refractivity contribution in [3.63, 3.8) is 0 Å². The number of carbonyl (C=O) groups is 2. The Hall–Kier alpha value is -0.990. The van der Waals surface area contributed by atoms with Crippen molar-refractivity contribution in [1.82, 2.24) is 0 Å². The first-order valence-corrected chi connectivity index (χ1v) is 23.0. The van der Waals surface area contributed by atoms with Crippen LogP contribution in [-0.2, 0) is 32.7 Å². The van der Waals surface area contributed by atoms with Crippen molar-refractivity contribution in [2.45, 2.75) is 225 Å². The Morgan fingerprint density at radius 1 is 0.510 bits per heavy atom. The number of hydrogen-bond donors (Lipinski definition) is 2. The number of rotatable bonds is 41. The van der Waals surface area contributed by atoms with Gasteiger partial charge in [-0.25, -0.2) is 4.57 Å². The summed E-state index contributed by atoms with van der Waals surface area (Å²) < 4.78 is 32.7. The third kappa shape index (κ3) is 38.5. The zero-order valence-electron chi connectivity index (χ0n) is 33.4. The van der Waals surface area contributed by atoms with Crippen LogP contribution in [0.4, 0.5) is 0 Å². The average molecular weight is 748 g/mol. The lowest BCUT2D eigenvalue weighted by atomic mass is 10.0. The van der Waals surface area contributed by atoms with Crippen molar-refractivity contribution in [2.75, 3.05) is 26.4 Å². The van der Waals surface area contributed by atoms with Gasteiger partial charge in [-0.15, -0.1) is 0 Å². The Morgan fingerprint density at radius 3 is 1.20 bits per heavy atom. The molecule has 2 atom stereocenters. The van der Waals surface area contributed by atoms with E-state index in [1.54, 1.807) is 0 Å². The smallest absolute Gasteiger partial charge is 0.462 e. The van der Waals surface area contributed by atoms with Gasteiger partial charge in [-0.1, -0.05) is 194 Å². The molecule has 0 aromatic heterocycles. The molecule has 0 aliphatic rings. The highest BCUT2D eigenvalue weighted by molar-refractivity contribution is 7.47. The largest absolute Gasteiger partial charge is 0.472 e. The molecule has 51 heavy (non-hydrogen) atoms. The molecular weight excluding hydrogens is 665 g/mol. The van der Waals surface area contributed by atoms with E-state index >= 15 is 0 Å².